The Kier molecular flexibility index (Phi) is 6.14. The summed E-state index contributed by atoms with van der Waals surface area (Å²) in [6, 6.07) is 1.58. The Hall–Kier alpha value is -0.0800. The predicted molar refractivity (Wildman–Crippen MR) is 92.4 cm³/mol. The van der Waals surface area contributed by atoms with E-state index in [0.717, 1.165) is 30.5 Å². The first-order chi connectivity index (χ1) is 10.0. The summed E-state index contributed by atoms with van der Waals surface area (Å²) in [5.74, 6) is 1.62. The highest BCUT2D eigenvalue weighted by Gasteiger charge is 2.40. The molecule has 2 aliphatic rings. The van der Waals surface area contributed by atoms with Gasteiger partial charge in [-0.3, -0.25) is 4.90 Å². The molecule has 1 aliphatic carbocycles. The van der Waals surface area contributed by atoms with Crippen LogP contribution in [0.4, 0.5) is 0 Å². The molecular formula is C19H38N2. The lowest BCUT2D eigenvalue weighted by Gasteiger charge is -2.50. The Bertz CT molecular complexity index is 313. The molecule has 1 saturated heterocycles. The summed E-state index contributed by atoms with van der Waals surface area (Å²) in [4.78, 5) is 2.87. The lowest BCUT2D eigenvalue weighted by Crippen LogP contribution is -2.54. The number of hydrogen-bond acceptors (Lipinski definition) is 2. The minimum absolute atomic E-state index is 0.495. The molecule has 1 saturated carbocycles. The first kappa shape index (κ1) is 17.3. The highest BCUT2D eigenvalue weighted by molar-refractivity contribution is 4.94. The summed E-state index contributed by atoms with van der Waals surface area (Å²) in [5.41, 5.74) is 6.64. The lowest BCUT2D eigenvalue weighted by atomic mass is 9.65. The largest absolute Gasteiger partial charge is 0.330 e. The zero-order chi connectivity index (χ0) is 15.5. The quantitative estimate of drug-likeness (QED) is 0.812. The summed E-state index contributed by atoms with van der Waals surface area (Å²) >= 11 is 0. The van der Waals surface area contributed by atoms with E-state index in [1.165, 1.54) is 57.9 Å². The van der Waals surface area contributed by atoms with Crippen LogP contribution in [-0.4, -0.2) is 30.1 Å². The number of nitrogens with two attached hydrogens (primary N) is 1. The predicted octanol–water partition coefficient (Wildman–Crippen LogP) is 4.43. The molecule has 0 bridgehead atoms. The van der Waals surface area contributed by atoms with E-state index in [-0.39, 0.29) is 0 Å². The van der Waals surface area contributed by atoms with E-state index >= 15 is 0 Å². The maximum absolute atomic E-state index is 6.15. The first-order valence-corrected chi connectivity index (χ1v) is 9.49. The van der Waals surface area contributed by atoms with Crippen molar-refractivity contribution in [2.45, 2.75) is 91.1 Å². The minimum atomic E-state index is 0.495. The van der Waals surface area contributed by atoms with E-state index in [1.54, 1.807) is 0 Å². The van der Waals surface area contributed by atoms with Gasteiger partial charge >= 0.3 is 0 Å². The summed E-state index contributed by atoms with van der Waals surface area (Å²) < 4.78 is 0. The Morgan fingerprint density at radius 2 is 1.86 bits per heavy atom. The van der Waals surface area contributed by atoms with Gasteiger partial charge in [0, 0.05) is 12.1 Å². The van der Waals surface area contributed by atoms with Gasteiger partial charge in [-0.2, -0.15) is 0 Å². The van der Waals surface area contributed by atoms with Crippen LogP contribution in [0.2, 0.25) is 0 Å². The van der Waals surface area contributed by atoms with Crippen molar-refractivity contribution in [1.82, 2.24) is 4.90 Å². The molecule has 0 radical (unpaired) electrons. The van der Waals surface area contributed by atoms with Gasteiger partial charge in [-0.05, 0) is 68.9 Å². The topological polar surface area (TPSA) is 29.3 Å². The Morgan fingerprint density at radius 3 is 2.48 bits per heavy atom. The first-order valence-electron chi connectivity index (χ1n) is 9.49. The van der Waals surface area contributed by atoms with Gasteiger partial charge in [-0.1, -0.05) is 40.5 Å². The molecule has 1 aliphatic heterocycles. The van der Waals surface area contributed by atoms with Crippen LogP contribution in [-0.2, 0) is 0 Å². The zero-order valence-electron chi connectivity index (χ0n) is 14.9. The molecular weight excluding hydrogens is 256 g/mol. The molecule has 1 heterocycles. The molecule has 0 aromatic rings. The van der Waals surface area contributed by atoms with E-state index in [4.69, 9.17) is 5.73 Å². The van der Waals surface area contributed by atoms with Crippen molar-refractivity contribution < 1.29 is 0 Å². The molecule has 4 atom stereocenters. The van der Waals surface area contributed by atoms with Gasteiger partial charge in [0.15, 0.2) is 0 Å². The van der Waals surface area contributed by atoms with Gasteiger partial charge < -0.3 is 5.73 Å². The van der Waals surface area contributed by atoms with Gasteiger partial charge in [0.1, 0.15) is 0 Å². The van der Waals surface area contributed by atoms with Crippen molar-refractivity contribution in [3.05, 3.63) is 0 Å². The average Bonchev–Trinajstić information content (AvgIpc) is 2.54. The van der Waals surface area contributed by atoms with Crippen molar-refractivity contribution in [1.29, 1.82) is 0 Å². The van der Waals surface area contributed by atoms with E-state index in [0.29, 0.717) is 5.41 Å². The van der Waals surface area contributed by atoms with Crippen molar-refractivity contribution in [2.24, 2.45) is 23.0 Å². The van der Waals surface area contributed by atoms with Crippen LogP contribution in [0, 0.1) is 17.3 Å². The standard InChI is InChI=1S/C19H38N2/c1-5-17-9-7-8-12-21(17)18-13-16(19(3,4)6-2)11-10-15(18)14-20/h15-18H,5-14,20H2,1-4H3. The second-order valence-corrected chi connectivity index (χ2v) is 8.21. The summed E-state index contributed by atoms with van der Waals surface area (Å²) in [5, 5.41) is 0. The smallest absolute Gasteiger partial charge is 0.0141 e. The Labute approximate surface area is 132 Å². The molecule has 0 aromatic carbocycles. The van der Waals surface area contributed by atoms with Crippen molar-refractivity contribution >= 4 is 0 Å². The summed E-state index contributed by atoms with van der Waals surface area (Å²) in [6.45, 7) is 11.9. The second-order valence-electron chi connectivity index (χ2n) is 8.21. The third-order valence-corrected chi connectivity index (χ3v) is 6.85. The molecule has 2 fully saturated rings. The Balaban J connectivity index is 2.12. The normalized spacial score (nSPS) is 35.9. The molecule has 124 valence electrons. The number of hydrogen-bond donors (Lipinski definition) is 1. The van der Waals surface area contributed by atoms with Crippen molar-refractivity contribution in [3.63, 3.8) is 0 Å². The van der Waals surface area contributed by atoms with Crippen LogP contribution >= 0.6 is 0 Å². The fraction of sp³-hybridized carbons (Fsp3) is 1.00. The van der Waals surface area contributed by atoms with Crippen LogP contribution in [0.5, 0.6) is 0 Å². The van der Waals surface area contributed by atoms with E-state index in [1.807, 2.05) is 0 Å². The molecule has 2 N–H and O–H groups in total. The highest BCUT2D eigenvalue weighted by Crippen LogP contribution is 2.44. The van der Waals surface area contributed by atoms with Gasteiger partial charge in [0.05, 0.1) is 0 Å². The molecule has 2 rings (SSSR count). The van der Waals surface area contributed by atoms with Crippen LogP contribution in [0.25, 0.3) is 0 Å². The molecule has 0 aromatic heterocycles. The molecule has 21 heavy (non-hydrogen) atoms. The number of nitrogens with zero attached hydrogens (tertiary/aromatic N) is 1. The molecule has 2 nitrogen and oxygen atoms in total. The zero-order valence-corrected chi connectivity index (χ0v) is 14.9. The lowest BCUT2D eigenvalue weighted by molar-refractivity contribution is -0.000834. The Morgan fingerprint density at radius 1 is 1.10 bits per heavy atom. The van der Waals surface area contributed by atoms with E-state index in [9.17, 15) is 0 Å². The second kappa shape index (κ2) is 7.46. The molecule has 4 unspecified atom stereocenters. The molecule has 2 heteroatoms. The monoisotopic (exact) mass is 294 g/mol. The third kappa shape index (κ3) is 3.82. The summed E-state index contributed by atoms with van der Waals surface area (Å²) in [6.07, 6.45) is 11.0. The number of piperidine rings is 1. The molecule has 0 amide bonds. The van der Waals surface area contributed by atoms with Gasteiger partial charge in [-0.15, -0.1) is 0 Å². The number of likely N-dealkylation sites (tertiary alicyclic amines) is 1. The fourth-order valence-electron chi connectivity index (χ4n) is 4.79. The van der Waals surface area contributed by atoms with Crippen LogP contribution in [0.1, 0.15) is 79.1 Å². The van der Waals surface area contributed by atoms with Crippen LogP contribution in [0.15, 0.2) is 0 Å². The van der Waals surface area contributed by atoms with Crippen molar-refractivity contribution in [3.8, 4) is 0 Å². The van der Waals surface area contributed by atoms with E-state index in [2.05, 4.69) is 32.6 Å². The maximum atomic E-state index is 6.15. The minimum Gasteiger partial charge on any atom is -0.330 e. The highest BCUT2D eigenvalue weighted by atomic mass is 15.2. The van der Waals surface area contributed by atoms with Gasteiger partial charge in [0.25, 0.3) is 0 Å². The number of rotatable bonds is 5. The van der Waals surface area contributed by atoms with Gasteiger partial charge in [-0.25, -0.2) is 0 Å². The van der Waals surface area contributed by atoms with Crippen LogP contribution in [0.3, 0.4) is 0 Å². The third-order valence-electron chi connectivity index (χ3n) is 6.85. The van der Waals surface area contributed by atoms with E-state index < -0.39 is 0 Å². The van der Waals surface area contributed by atoms with Gasteiger partial charge in [0.2, 0.25) is 0 Å². The molecule has 0 spiro atoms. The fourth-order valence-corrected chi connectivity index (χ4v) is 4.79. The SMILES string of the molecule is CCC1CCCCN1C1CC(C(C)(C)CC)CCC1CN. The maximum Gasteiger partial charge on any atom is 0.0141 e. The average molecular weight is 295 g/mol. The van der Waals surface area contributed by atoms with Crippen molar-refractivity contribution in [2.75, 3.05) is 13.1 Å². The van der Waals surface area contributed by atoms with Crippen LogP contribution < -0.4 is 5.73 Å². The summed E-state index contributed by atoms with van der Waals surface area (Å²) in [7, 11) is 0.